The highest BCUT2D eigenvalue weighted by molar-refractivity contribution is 6.30. The molecular weight excluding hydrogens is 417 g/mol. The van der Waals surface area contributed by atoms with Gasteiger partial charge in [0.05, 0.1) is 11.9 Å². The fraction of sp³-hybridized carbons (Fsp3) is 0.0833. The Morgan fingerprint density at radius 2 is 1.68 bits per heavy atom. The van der Waals surface area contributed by atoms with Crippen molar-refractivity contribution in [1.29, 1.82) is 0 Å². The summed E-state index contributed by atoms with van der Waals surface area (Å²) in [6.45, 7) is 0.602. The second kappa shape index (κ2) is 9.45. The van der Waals surface area contributed by atoms with E-state index >= 15 is 0 Å². The molecule has 31 heavy (non-hydrogen) atoms. The van der Waals surface area contributed by atoms with Crippen LogP contribution in [0.15, 0.2) is 85.1 Å². The van der Waals surface area contributed by atoms with Gasteiger partial charge >= 0.3 is 0 Å². The molecule has 0 saturated heterocycles. The van der Waals surface area contributed by atoms with Crippen molar-refractivity contribution >= 4 is 17.5 Å². The van der Waals surface area contributed by atoms with Gasteiger partial charge in [0.2, 0.25) is 0 Å². The molecule has 0 aliphatic heterocycles. The molecule has 0 bridgehead atoms. The van der Waals surface area contributed by atoms with E-state index in [4.69, 9.17) is 16.3 Å². The van der Waals surface area contributed by atoms with Crippen molar-refractivity contribution in [2.24, 2.45) is 0 Å². The molecule has 0 spiro atoms. The molecule has 4 aromatic rings. The van der Waals surface area contributed by atoms with Gasteiger partial charge < -0.3 is 10.1 Å². The van der Waals surface area contributed by atoms with Crippen molar-refractivity contribution in [1.82, 2.24) is 15.1 Å². The van der Waals surface area contributed by atoms with Gasteiger partial charge in [-0.1, -0.05) is 54.1 Å². The van der Waals surface area contributed by atoms with Crippen molar-refractivity contribution in [2.75, 3.05) is 0 Å². The number of amides is 1. The van der Waals surface area contributed by atoms with Gasteiger partial charge in [-0.2, -0.15) is 5.10 Å². The molecule has 7 heteroatoms. The van der Waals surface area contributed by atoms with Crippen LogP contribution in [0.25, 0.3) is 5.69 Å². The van der Waals surface area contributed by atoms with Gasteiger partial charge in [0.1, 0.15) is 12.4 Å². The van der Waals surface area contributed by atoms with E-state index < -0.39 is 0 Å². The first-order valence-electron chi connectivity index (χ1n) is 9.63. The number of rotatable bonds is 7. The van der Waals surface area contributed by atoms with Crippen LogP contribution < -0.4 is 10.1 Å². The van der Waals surface area contributed by atoms with Crippen LogP contribution in [-0.2, 0) is 13.2 Å². The predicted octanol–water partition coefficient (Wildman–Crippen LogP) is 5.17. The van der Waals surface area contributed by atoms with Crippen LogP contribution in [0.4, 0.5) is 4.39 Å². The van der Waals surface area contributed by atoms with Crippen molar-refractivity contribution in [3.63, 3.8) is 0 Å². The topological polar surface area (TPSA) is 56.2 Å². The Kier molecular flexibility index (Phi) is 6.29. The SMILES string of the molecule is O=C(NCc1ccc(Cl)cc1)c1nn(-c2ccc(F)cc2)cc1OCc1ccccc1. The molecule has 0 atom stereocenters. The summed E-state index contributed by atoms with van der Waals surface area (Å²) in [7, 11) is 0. The summed E-state index contributed by atoms with van der Waals surface area (Å²) in [4.78, 5) is 12.9. The lowest BCUT2D eigenvalue weighted by atomic mass is 10.2. The van der Waals surface area contributed by atoms with E-state index in [-0.39, 0.29) is 24.0 Å². The zero-order chi connectivity index (χ0) is 21.6. The number of hydrogen-bond donors (Lipinski definition) is 1. The van der Waals surface area contributed by atoms with Crippen LogP contribution >= 0.6 is 11.6 Å². The second-order valence-electron chi connectivity index (χ2n) is 6.85. The zero-order valence-corrected chi connectivity index (χ0v) is 17.2. The number of hydrogen-bond acceptors (Lipinski definition) is 3. The fourth-order valence-corrected chi connectivity index (χ4v) is 3.08. The Labute approximate surface area is 184 Å². The van der Waals surface area contributed by atoms with E-state index in [1.807, 2.05) is 42.5 Å². The number of nitrogens with one attached hydrogen (secondary N) is 1. The lowest BCUT2D eigenvalue weighted by Gasteiger charge is -2.07. The summed E-state index contributed by atoms with van der Waals surface area (Å²) in [5, 5.41) is 7.86. The summed E-state index contributed by atoms with van der Waals surface area (Å²) in [6, 6.07) is 22.7. The van der Waals surface area contributed by atoms with E-state index in [0.717, 1.165) is 11.1 Å². The smallest absolute Gasteiger partial charge is 0.275 e. The average molecular weight is 436 g/mol. The van der Waals surface area contributed by atoms with E-state index in [2.05, 4.69) is 10.4 Å². The number of carbonyl (C=O) groups excluding carboxylic acids is 1. The monoisotopic (exact) mass is 435 g/mol. The Morgan fingerprint density at radius 3 is 2.39 bits per heavy atom. The van der Waals surface area contributed by atoms with Crippen molar-refractivity contribution in [3.8, 4) is 11.4 Å². The van der Waals surface area contributed by atoms with Gasteiger partial charge in [-0.15, -0.1) is 0 Å². The van der Waals surface area contributed by atoms with E-state index in [0.29, 0.717) is 23.0 Å². The molecule has 0 radical (unpaired) electrons. The summed E-state index contributed by atoms with van der Waals surface area (Å²) < 4.78 is 20.7. The first-order chi connectivity index (χ1) is 15.1. The highest BCUT2D eigenvalue weighted by atomic mass is 35.5. The number of nitrogens with zero attached hydrogens (tertiary/aromatic N) is 2. The Balaban J connectivity index is 1.56. The molecule has 0 saturated carbocycles. The van der Waals surface area contributed by atoms with Crippen molar-refractivity contribution < 1.29 is 13.9 Å². The van der Waals surface area contributed by atoms with E-state index in [9.17, 15) is 9.18 Å². The van der Waals surface area contributed by atoms with Gasteiger partial charge in [-0.3, -0.25) is 4.79 Å². The Hall–Kier alpha value is -3.64. The molecule has 1 N–H and O–H groups in total. The van der Waals surface area contributed by atoms with Gasteiger partial charge in [-0.05, 0) is 47.5 Å². The summed E-state index contributed by atoms with van der Waals surface area (Å²) in [5.41, 5.74) is 2.63. The first kappa shape index (κ1) is 20.6. The number of aromatic nitrogens is 2. The number of benzene rings is 3. The van der Waals surface area contributed by atoms with Crippen LogP contribution in [0, 0.1) is 5.82 Å². The largest absolute Gasteiger partial charge is 0.485 e. The summed E-state index contributed by atoms with van der Waals surface area (Å²) >= 11 is 5.91. The van der Waals surface area contributed by atoms with Gasteiger partial charge in [-0.25, -0.2) is 9.07 Å². The van der Waals surface area contributed by atoms with Gasteiger partial charge in [0, 0.05) is 11.6 Å². The predicted molar refractivity (Wildman–Crippen MR) is 117 cm³/mol. The minimum atomic E-state index is -0.376. The number of carbonyl (C=O) groups is 1. The zero-order valence-electron chi connectivity index (χ0n) is 16.5. The molecular formula is C24H19ClFN3O2. The lowest BCUT2D eigenvalue weighted by Crippen LogP contribution is -2.24. The number of ether oxygens (including phenoxy) is 1. The van der Waals surface area contributed by atoms with Crippen LogP contribution in [0.1, 0.15) is 21.6 Å². The van der Waals surface area contributed by atoms with Crippen LogP contribution in [-0.4, -0.2) is 15.7 Å². The van der Waals surface area contributed by atoms with Gasteiger partial charge in [0.25, 0.3) is 5.91 Å². The van der Waals surface area contributed by atoms with E-state index in [1.165, 1.54) is 16.8 Å². The first-order valence-corrected chi connectivity index (χ1v) is 10.0. The average Bonchev–Trinajstić information content (AvgIpc) is 3.23. The van der Waals surface area contributed by atoms with Gasteiger partial charge in [0.15, 0.2) is 11.4 Å². The maximum Gasteiger partial charge on any atom is 0.275 e. The Morgan fingerprint density at radius 1 is 0.968 bits per heavy atom. The highest BCUT2D eigenvalue weighted by Crippen LogP contribution is 2.22. The third-order valence-electron chi connectivity index (χ3n) is 4.59. The second-order valence-corrected chi connectivity index (χ2v) is 7.28. The molecule has 0 unspecified atom stereocenters. The third-order valence-corrected chi connectivity index (χ3v) is 4.84. The standard InChI is InChI=1S/C24H19ClFN3O2/c25-19-8-6-17(7-9-19)14-27-24(30)23-22(31-16-18-4-2-1-3-5-18)15-29(28-23)21-12-10-20(26)11-13-21/h1-13,15H,14,16H2,(H,27,30). The molecule has 1 amide bonds. The molecule has 3 aromatic carbocycles. The molecule has 0 fully saturated rings. The molecule has 1 aromatic heterocycles. The van der Waals surface area contributed by atoms with Crippen LogP contribution in [0.5, 0.6) is 5.75 Å². The minimum absolute atomic E-state index is 0.147. The maximum atomic E-state index is 13.3. The third kappa shape index (κ3) is 5.29. The molecule has 5 nitrogen and oxygen atoms in total. The number of halogens is 2. The normalized spacial score (nSPS) is 10.6. The lowest BCUT2D eigenvalue weighted by molar-refractivity contribution is 0.0941. The summed E-state index contributed by atoms with van der Waals surface area (Å²) in [6.07, 6.45) is 1.62. The maximum absolute atomic E-state index is 13.3. The molecule has 1 heterocycles. The van der Waals surface area contributed by atoms with Crippen LogP contribution in [0.2, 0.25) is 5.02 Å². The van der Waals surface area contributed by atoms with Crippen molar-refractivity contribution in [2.45, 2.75) is 13.2 Å². The van der Waals surface area contributed by atoms with Crippen LogP contribution in [0.3, 0.4) is 0 Å². The fourth-order valence-electron chi connectivity index (χ4n) is 2.95. The quantitative estimate of drug-likeness (QED) is 0.435. The molecule has 0 aliphatic carbocycles. The van der Waals surface area contributed by atoms with E-state index in [1.54, 1.807) is 30.5 Å². The highest BCUT2D eigenvalue weighted by Gasteiger charge is 2.19. The molecule has 156 valence electrons. The molecule has 4 rings (SSSR count). The molecule has 0 aliphatic rings. The Bertz CT molecular complexity index is 1160. The minimum Gasteiger partial charge on any atom is -0.485 e. The van der Waals surface area contributed by atoms with Crippen molar-refractivity contribution in [3.05, 3.63) is 113 Å². The summed E-state index contributed by atoms with van der Waals surface area (Å²) in [5.74, 6) is -0.391.